The molecule has 1 saturated heterocycles. The quantitative estimate of drug-likeness (QED) is 0.817. The maximum Gasteiger partial charge on any atom is 0.410 e. The first kappa shape index (κ1) is 18.3. The summed E-state index contributed by atoms with van der Waals surface area (Å²) in [6.07, 6.45) is 1.04. The molecule has 0 radical (unpaired) electrons. The summed E-state index contributed by atoms with van der Waals surface area (Å²) in [5, 5.41) is 0.0695. The number of amides is 1. The van der Waals surface area contributed by atoms with Crippen LogP contribution in [0.25, 0.3) is 0 Å². The Morgan fingerprint density at radius 1 is 1.08 bits per heavy atom. The number of ether oxygens (including phenoxy) is 1. The third-order valence-electron chi connectivity index (χ3n) is 4.25. The molecule has 0 spiro atoms. The SMILES string of the molecule is Cc1cccnc1S(=O)(=O)N1CCN(C(=O)OCc2ccccc2)CC1. The van der Waals surface area contributed by atoms with Crippen LogP contribution >= 0.6 is 0 Å². The summed E-state index contributed by atoms with van der Waals surface area (Å²) in [4.78, 5) is 17.7. The first-order chi connectivity index (χ1) is 12.5. The fraction of sp³-hybridized carbons (Fsp3) is 0.333. The molecule has 3 rings (SSSR count). The van der Waals surface area contributed by atoms with Gasteiger partial charge >= 0.3 is 6.09 Å². The van der Waals surface area contributed by atoms with Crippen molar-refractivity contribution in [2.45, 2.75) is 18.6 Å². The van der Waals surface area contributed by atoms with Crippen LogP contribution in [0.15, 0.2) is 53.7 Å². The highest BCUT2D eigenvalue weighted by Gasteiger charge is 2.32. The Hall–Kier alpha value is -2.45. The van der Waals surface area contributed by atoms with E-state index >= 15 is 0 Å². The van der Waals surface area contributed by atoms with Gasteiger partial charge in [0.05, 0.1) is 0 Å². The van der Waals surface area contributed by atoms with Crippen molar-refractivity contribution >= 4 is 16.1 Å². The number of piperazine rings is 1. The fourth-order valence-electron chi connectivity index (χ4n) is 2.79. The molecule has 0 unspecified atom stereocenters. The van der Waals surface area contributed by atoms with Crippen molar-refractivity contribution in [3.63, 3.8) is 0 Å². The Morgan fingerprint density at radius 3 is 2.42 bits per heavy atom. The van der Waals surface area contributed by atoms with E-state index in [2.05, 4.69) is 4.98 Å². The predicted molar refractivity (Wildman–Crippen MR) is 95.9 cm³/mol. The average molecular weight is 375 g/mol. The Labute approximate surface area is 153 Å². The van der Waals surface area contributed by atoms with E-state index in [0.29, 0.717) is 18.7 Å². The molecule has 7 nitrogen and oxygen atoms in total. The van der Waals surface area contributed by atoms with Gasteiger partial charge in [0.25, 0.3) is 10.0 Å². The van der Waals surface area contributed by atoms with Gasteiger partial charge in [-0.1, -0.05) is 36.4 Å². The van der Waals surface area contributed by atoms with Crippen LogP contribution in [-0.4, -0.2) is 54.9 Å². The third-order valence-corrected chi connectivity index (χ3v) is 6.21. The predicted octanol–water partition coefficient (Wildman–Crippen LogP) is 2.03. The second-order valence-corrected chi connectivity index (χ2v) is 7.91. The highest BCUT2D eigenvalue weighted by Crippen LogP contribution is 2.19. The molecule has 1 fully saturated rings. The summed E-state index contributed by atoms with van der Waals surface area (Å²) in [6.45, 7) is 2.94. The van der Waals surface area contributed by atoms with Crippen molar-refractivity contribution in [3.8, 4) is 0 Å². The minimum atomic E-state index is -3.65. The number of aryl methyl sites for hydroxylation is 1. The monoisotopic (exact) mass is 375 g/mol. The molecule has 26 heavy (non-hydrogen) atoms. The van der Waals surface area contributed by atoms with Gasteiger partial charge in [0, 0.05) is 32.4 Å². The van der Waals surface area contributed by atoms with Gasteiger partial charge in [0.1, 0.15) is 6.61 Å². The number of nitrogens with zero attached hydrogens (tertiary/aromatic N) is 3. The molecule has 2 aromatic rings. The summed E-state index contributed by atoms with van der Waals surface area (Å²) in [5.74, 6) is 0. The molecule has 1 aliphatic rings. The molecule has 2 heterocycles. The minimum absolute atomic E-state index is 0.0695. The summed E-state index contributed by atoms with van der Waals surface area (Å²) in [5.41, 5.74) is 1.52. The molecule has 0 atom stereocenters. The molecule has 0 N–H and O–H groups in total. The van der Waals surface area contributed by atoms with Crippen LogP contribution in [0.5, 0.6) is 0 Å². The zero-order valence-electron chi connectivity index (χ0n) is 14.5. The number of carbonyl (C=O) groups excluding carboxylic acids is 1. The molecule has 0 bridgehead atoms. The van der Waals surface area contributed by atoms with Crippen molar-refractivity contribution in [1.29, 1.82) is 0 Å². The maximum atomic E-state index is 12.7. The highest BCUT2D eigenvalue weighted by molar-refractivity contribution is 7.89. The molecule has 8 heteroatoms. The van der Waals surface area contributed by atoms with E-state index < -0.39 is 16.1 Å². The molecule has 1 aromatic heterocycles. The number of sulfonamides is 1. The zero-order valence-corrected chi connectivity index (χ0v) is 15.4. The van der Waals surface area contributed by atoms with Crippen LogP contribution in [0.3, 0.4) is 0 Å². The van der Waals surface area contributed by atoms with Crippen LogP contribution < -0.4 is 0 Å². The third kappa shape index (κ3) is 4.03. The van der Waals surface area contributed by atoms with Gasteiger partial charge in [0.15, 0.2) is 5.03 Å². The lowest BCUT2D eigenvalue weighted by atomic mass is 10.2. The van der Waals surface area contributed by atoms with Crippen LogP contribution in [0, 0.1) is 6.92 Å². The van der Waals surface area contributed by atoms with Gasteiger partial charge in [-0.3, -0.25) is 0 Å². The highest BCUT2D eigenvalue weighted by atomic mass is 32.2. The van der Waals surface area contributed by atoms with Gasteiger partial charge < -0.3 is 9.64 Å². The van der Waals surface area contributed by atoms with E-state index in [1.807, 2.05) is 30.3 Å². The van der Waals surface area contributed by atoms with E-state index in [4.69, 9.17) is 4.74 Å². The van der Waals surface area contributed by atoms with Crippen LogP contribution in [-0.2, 0) is 21.4 Å². The summed E-state index contributed by atoms with van der Waals surface area (Å²) in [7, 11) is -3.65. The number of carbonyl (C=O) groups is 1. The molecule has 0 aliphatic carbocycles. The largest absolute Gasteiger partial charge is 0.445 e. The second kappa shape index (κ2) is 7.84. The number of hydrogen-bond donors (Lipinski definition) is 0. The van der Waals surface area contributed by atoms with Crippen molar-refractivity contribution in [2.24, 2.45) is 0 Å². The van der Waals surface area contributed by atoms with E-state index in [-0.39, 0.29) is 24.7 Å². The average Bonchev–Trinajstić information content (AvgIpc) is 2.67. The Balaban J connectivity index is 1.57. The van der Waals surface area contributed by atoms with Crippen molar-refractivity contribution in [2.75, 3.05) is 26.2 Å². The van der Waals surface area contributed by atoms with E-state index in [1.54, 1.807) is 19.1 Å². The second-order valence-electron chi connectivity index (χ2n) is 6.06. The number of pyridine rings is 1. The lowest BCUT2D eigenvalue weighted by Crippen LogP contribution is -2.50. The standard InChI is InChI=1S/C18H21N3O4S/c1-15-6-5-9-19-17(15)26(23,24)21-12-10-20(11-13-21)18(22)25-14-16-7-3-2-4-8-16/h2-9H,10-14H2,1H3. The molecular formula is C18H21N3O4S. The van der Waals surface area contributed by atoms with Gasteiger partial charge in [-0.15, -0.1) is 0 Å². The van der Waals surface area contributed by atoms with E-state index in [1.165, 1.54) is 15.4 Å². The smallest absolute Gasteiger partial charge is 0.410 e. The Morgan fingerprint density at radius 2 is 1.77 bits per heavy atom. The van der Waals surface area contributed by atoms with Gasteiger partial charge in [-0.25, -0.2) is 18.2 Å². The number of aromatic nitrogens is 1. The molecular weight excluding hydrogens is 354 g/mol. The number of benzene rings is 1. The molecule has 1 aromatic carbocycles. The fourth-order valence-corrected chi connectivity index (χ4v) is 4.34. The zero-order chi connectivity index (χ0) is 18.6. The first-order valence-electron chi connectivity index (χ1n) is 8.36. The minimum Gasteiger partial charge on any atom is -0.445 e. The normalized spacial score (nSPS) is 15.7. The van der Waals surface area contributed by atoms with Crippen LogP contribution in [0.1, 0.15) is 11.1 Å². The van der Waals surface area contributed by atoms with Crippen molar-refractivity contribution < 1.29 is 17.9 Å². The topological polar surface area (TPSA) is 79.8 Å². The summed E-state index contributed by atoms with van der Waals surface area (Å²) >= 11 is 0. The van der Waals surface area contributed by atoms with Crippen LogP contribution in [0.4, 0.5) is 4.79 Å². The maximum absolute atomic E-state index is 12.7. The first-order valence-corrected chi connectivity index (χ1v) is 9.80. The molecule has 138 valence electrons. The summed E-state index contributed by atoms with van der Waals surface area (Å²) in [6, 6.07) is 12.8. The number of hydrogen-bond acceptors (Lipinski definition) is 5. The van der Waals surface area contributed by atoms with E-state index in [0.717, 1.165) is 5.56 Å². The van der Waals surface area contributed by atoms with Crippen molar-refractivity contribution in [1.82, 2.24) is 14.2 Å². The van der Waals surface area contributed by atoms with Crippen molar-refractivity contribution in [3.05, 3.63) is 59.8 Å². The van der Waals surface area contributed by atoms with E-state index in [9.17, 15) is 13.2 Å². The number of rotatable bonds is 4. The Kier molecular flexibility index (Phi) is 5.53. The molecule has 1 amide bonds. The van der Waals surface area contributed by atoms with Crippen LogP contribution in [0.2, 0.25) is 0 Å². The van der Waals surface area contributed by atoms with Gasteiger partial charge in [-0.2, -0.15) is 4.31 Å². The lowest BCUT2D eigenvalue weighted by molar-refractivity contribution is 0.0838. The lowest BCUT2D eigenvalue weighted by Gasteiger charge is -2.33. The molecule has 0 saturated carbocycles. The van der Waals surface area contributed by atoms with Gasteiger partial charge in [-0.05, 0) is 24.1 Å². The molecule has 1 aliphatic heterocycles. The summed E-state index contributed by atoms with van der Waals surface area (Å²) < 4.78 is 32.1. The Bertz CT molecular complexity index is 863. The van der Waals surface area contributed by atoms with Gasteiger partial charge in [0.2, 0.25) is 0 Å².